The molecule has 0 spiro atoms. The highest BCUT2D eigenvalue weighted by Gasteiger charge is 2.15. The van der Waals surface area contributed by atoms with Gasteiger partial charge < -0.3 is 20.1 Å². The third kappa shape index (κ3) is 8.20. The number of carbonyl (C=O) groups excluding carboxylic acids is 1. The zero-order valence-corrected chi connectivity index (χ0v) is 22.4. The molecule has 6 heteroatoms. The van der Waals surface area contributed by atoms with Crippen molar-refractivity contribution in [2.24, 2.45) is 0 Å². The second kappa shape index (κ2) is 13.3. The third-order valence-electron chi connectivity index (χ3n) is 6.44. The van der Waals surface area contributed by atoms with Gasteiger partial charge in [-0.3, -0.25) is 0 Å². The fourth-order valence-electron chi connectivity index (χ4n) is 4.38. The number of aryl methyl sites for hydroxylation is 3. The first-order valence-corrected chi connectivity index (χ1v) is 13.1. The van der Waals surface area contributed by atoms with Crippen molar-refractivity contribution in [2.75, 3.05) is 6.54 Å². The van der Waals surface area contributed by atoms with E-state index in [1.807, 2.05) is 54.3 Å². The first kappa shape index (κ1) is 27.5. The van der Waals surface area contributed by atoms with Crippen LogP contribution in [-0.4, -0.2) is 28.6 Å². The normalized spacial score (nSPS) is 10.6. The quantitative estimate of drug-likeness (QED) is 0.219. The summed E-state index contributed by atoms with van der Waals surface area (Å²) in [5, 5.41) is 12.5. The van der Waals surface area contributed by atoms with E-state index in [0.29, 0.717) is 31.1 Å². The summed E-state index contributed by atoms with van der Waals surface area (Å²) in [5.41, 5.74) is 5.51. The lowest BCUT2D eigenvalue weighted by Crippen LogP contribution is -2.39. The Morgan fingerprint density at radius 2 is 1.51 bits per heavy atom. The van der Waals surface area contributed by atoms with Crippen molar-refractivity contribution in [1.82, 2.24) is 10.2 Å². The van der Waals surface area contributed by atoms with Crippen molar-refractivity contribution < 1.29 is 19.4 Å². The zero-order valence-electron chi connectivity index (χ0n) is 22.4. The van der Waals surface area contributed by atoms with E-state index in [1.165, 1.54) is 11.1 Å². The van der Waals surface area contributed by atoms with Crippen LogP contribution in [0.25, 0.3) is 0 Å². The molecule has 0 bridgehead atoms. The molecule has 0 saturated carbocycles. The molecule has 0 heterocycles. The minimum Gasteiger partial charge on any atom is -0.478 e. The number of carboxylic acid groups (broad SMARTS) is 1. The molecule has 0 aromatic heterocycles. The van der Waals surface area contributed by atoms with Gasteiger partial charge in [-0.15, -0.1) is 0 Å². The molecule has 0 saturated heterocycles. The summed E-state index contributed by atoms with van der Waals surface area (Å²) in [6, 6.07) is 30.6. The summed E-state index contributed by atoms with van der Waals surface area (Å²) in [6.07, 6.45) is 1.73. The van der Waals surface area contributed by atoms with Crippen LogP contribution in [0.5, 0.6) is 11.5 Å². The van der Waals surface area contributed by atoms with Crippen molar-refractivity contribution in [3.8, 4) is 11.5 Å². The number of aromatic carboxylic acids is 1. The molecule has 0 aliphatic carbocycles. The van der Waals surface area contributed by atoms with Crippen LogP contribution in [0, 0.1) is 13.8 Å². The van der Waals surface area contributed by atoms with Gasteiger partial charge in [-0.2, -0.15) is 0 Å². The highest BCUT2D eigenvalue weighted by molar-refractivity contribution is 5.91. The van der Waals surface area contributed by atoms with Gasteiger partial charge in [0.1, 0.15) is 17.1 Å². The largest absolute Gasteiger partial charge is 0.478 e. The van der Waals surface area contributed by atoms with Gasteiger partial charge in [0.05, 0.1) is 0 Å². The minimum absolute atomic E-state index is 0.111. The predicted molar refractivity (Wildman–Crippen MR) is 153 cm³/mol. The topological polar surface area (TPSA) is 78.9 Å². The first-order valence-electron chi connectivity index (χ1n) is 13.1. The highest BCUT2D eigenvalue weighted by atomic mass is 16.5. The molecule has 39 heavy (non-hydrogen) atoms. The number of amides is 2. The Kier molecular flexibility index (Phi) is 9.35. The maximum absolute atomic E-state index is 13.2. The molecule has 0 aliphatic heterocycles. The van der Waals surface area contributed by atoms with E-state index in [-0.39, 0.29) is 11.6 Å². The molecule has 0 fully saturated rings. The average molecular weight is 523 g/mol. The van der Waals surface area contributed by atoms with Crippen LogP contribution < -0.4 is 10.1 Å². The van der Waals surface area contributed by atoms with E-state index >= 15 is 0 Å². The van der Waals surface area contributed by atoms with Gasteiger partial charge in [-0.05, 0) is 73.2 Å². The maximum Gasteiger partial charge on any atom is 0.339 e. The minimum atomic E-state index is -1.04. The molecule has 4 rings (SSSR count). The summed E-state index contributed by atoms with van der Waals surface area (Å²) in [7, 11) is 0. The number of carboxylic acids is 1. The summed E-state index contributed by atoms with van der Waals surface area (Å²) in [6.45, 7) is 5.49. The molecular weight excluding hydrogens is 488 g/mol. The van der Waals surface area contributed by atoms with Gasteiger partial charge in [0, 0.05) is 19.6 Å². The molecule has 2 amide bonds. The SMILES string of the molecule is Cc1cccc(CCCN(Cc2ccc(Oc3cc(C)ccc3C(=O)O)cc2)C(=O)NCc2ccccc2)c1. The summed E-state index contributed by atoms with van der Waals surface area (Å²) >= 11 is 0. The number of rotatable bonds is 11. The Labute approximate surface area is 229 Å². The van der Waals surface area contributed by atoms with Crippen molar-refractivity contribution in [1.29, 1.82) is 0 Å². The maximum atomic E-state index is 13.2. The van der Waals surface area contributed by atoms with E-state index in [0.717, 1.165) is 29.5 Å². The van der Waals surface area contributed by atoms with Crippen molar-refractivity contribution in [2.45, 2.75) is 39.8 Å². The number of hydrogen-bond donors (Lipinski definition) is 2. The lowest BCUT2D eigenvalue weighted by molar-refractivity contribution is 0.0694. The lowest BCUT2D eigenvalue weighted by Gasteiger charge is -2.24. The van der Waals surface area contributed by atoms with Crippen LogP contribution in [0.1, 0.15) is 44.6 Å². The monoisotopic (exact) mass is 522 g/mol. The van der Waals surface area contributed by atoms with Gasteiger partial charge in [0.25, 0.3) is 0 Å². The number of urea groups is 1. The average Bonchev–Trinajstić information content (AvgIpc) is 2.92. The smallest absolute Gasteiger partial charge is 0.339 e. The van der Waals surface area contributed by atoms with Crippen LogP contribution in [0.3, 0.4) is 0 Å². The number of nitrogens with one attached hydrogen (secondary N) is 1. The Hall–Kier alpha value is -4.58. The summed E-state index contributed by atoms with van der Waals surface area (Å²) in [5.74, 6) is -0.205. The van der Waals surface area contributed by atoms with E-state index in [2.05, 4.69) is 36.5 Å². The number of hydrogen-bond acceptors (Lipinski definition) is 3. The number of ether oxygens (including phenoxy) is 1. The first-order chi connectivity index (χ1) is 18.9. The zero-order chi connectivity index (χ0) is 27.6. The van der Waals surface area contributed by atoms with Gasteiger partial charge in [0.15, 0.2) is 0 Å². The Morgan fingerprint density at radius 1 is 0.795 bits per heavy atom. The molecule has 6 nitrogen and oxygen atoms in total. The van der Waals surface area contributed by atoms with E-state index in [1.54, 1.807) is 30.3 Å². The standard InChI is InChI=1S/C33H34N2O4/c1-24-8-6-11-26(20-24)12-7-19-35(33(38)34-22-27-9-4-3-5-10-27)23-28-14-16-29(17-15-28)39-31-21-25(2)13-18-30(31)32(36)37/h3-6,8-11,13-18,20-21H,7,12,19,22-23H2,1-2H3,(H,34,38)(H,36,37). The molecule has 2 N–H and O–H groups in total. The molecule has 4 aromatic carbocycles. The van der Waals surface area contributed by atoms with Gasteiger partial charge >= 0.3 is 12.0 Å². The van der Waals surface area contributed by atoms with Crippen LogP contribution in [0.15, 0.2) is 97.1 Å². The highest BCUT2D eigenvalue weighted by Crippen LogP contribution is 2.27. The molecule has 0 atom stereocenters. The molecule has 0 aliphatic rings. The van der Waals surface area contributed by atoms with Crippen LogP contribution >= 0.6 is 0 Å². The van der Waals surface area contributed by atoms with Crippen molar-refractivity contribution in [3.63, 3.8) is 0 Å². The second-order valence-electron chi connectivity index (χ2n) is 9.71. The number of benzene rings is 4. The lowest BCUT2D eigenvalue weighted by atomic mass is 10.1. The van der Waals surface area contributed by atoms with Gasteiger partial charge in [-0.25, -0.2) is 9.59 Å². The number of carbonyl (C=O) groups is 2. The fraction of sp³-hybridized carbons (Fsp3) is 0.212. The molecular formula is C33H34N2O4. The summed E-state index contributed by atoms with van der Waals surface area (Å²) < 4.78 is 5.90. The van der Waals surface area contributed by atoms with E-state index < -0.39 is 5.97 Å². The fourth-order valence-corrected chi connectivity index (χ4v) is 4.38. The Balaban J connectivity index is 1.43. The van der Waals surface area contributed by atoms with Crippen molar-refractivity contribution in [3.05, 3.63) is 130 Å². The Morgan fingerprint density at radius 3 is 2.23 bits per heavy atom. The molecule has 4 aromatic rings. The van der Waals surface area contributed by atoms with Gasteiger partial charge in [0.2, 0.25) is 0 Å². The van der Waals surface area contributed by atoms with E-state index in [9.17, 15) is 14.7 Å². The van der Waals surface area contributed by atoms with Crippen LogP contribution in [-0.2, 0) is 19.5 Å². The molecule has 0 radical (unpaired) electrons. The van der Waals surface area contributed by atoms with E-state index in [4.69, 9.17) is 4.74 Å². The summed E-state index contributed by atoms with van der Waals surface area (Å²) in [4.78, 5) is 26.6. The third-order valence-corrected chi connectivity index (χ3v) is 6.44. The van der Waals surface area contributed by atoms with Gasteiger partial charge in [-0.1, -0.05) is 78.4 Å². The van der Waals surface area contributed by atoms with Crippen LogP contribution in [0.4, 0.5) is 4.79 Å². The number of nitrogens with zero attached hydrogens (tertiary/aromatic N) is 1. The predicted octanol–water partition coefficient (Wildman–Crippen LogP) is 7.14. The molecule has 200 valence electrons. The Bertz CT molecular complexity index is 1400. The molecule has 0 unspecified atom stereocenters. The second-order valence-corrected chi connectivity index (χ2v) is 9.71. The van der Waals surface area contributed by atoms with Crippen molar-refractivity contribution >= 4 is 12.0 Å². The van der Waals surface area contributed by atoms with Crippen LogP contribution in [0.2, 0.25) is 0 Å².